The Morgan fingerprint density at radius 1 is 1.00 bits per heavy atom. The zero-order valence-electron chi connectivity index (χ0n) is 16.2. The standard InChI is InChI=1S/C24H29N3/c1-26-24(13-15-27(16-14-24)23-7-2-3-8-23)22-11-9-20(10-12-22)21-6-4-5-19(17-21)18-25/h4-6,9-12,17,23,26H,2-3,7-8,13-16H2,1H3. The van der Waals surface area contributed by atoms with E-state index in [0.717, 1.165) is 11.6 Å². The fourth-order valence-electron chi connectivity index (χ4n) is 4.97. The molecule has 2 aromatic carbocycles. The lowest BCUT2D eigenvalue weighted by Crippen LogP contribution is -2.51. The number of hydrogen-bond donors (Lipinski definition) is 1. The van der Waals surface area contributed by atoms with Crippen molar-refractivity contribution in [1.29, 1.82) is 5.26 Å². The fourth-order valence-corrected chi connectivity index (χ4v) is 4.97. The summed E-state index contributed by atoms with van der Waals surface area (Å²) in [4.78, 5) is 2.73. The molecule has 0 amide bonds. The second kappa shape index (κ2) is 7.84. The van der Waals surface area contributed by atoms with Crippen LogP contribution in [0.5, 0.6) is 0 Å². The maximum absolute atomic E-state index is 9.13. The van der Waals surface area contributed by atoms with Crippen LogP contribution in [0.3, 0.4) is 0 Å². The molecule has 3 nitrogen and oxygen atoms in total. The molecule has 0 spiro atoms. The van der Waals surface area contributed by atoms with Gasteiger partial charge < -0.3 is 10.2 Å². The SMILES string of the molecule is CNC1(c2ccc(-c3cccc(C#N)c3)cc2)CCN(C2CCCC2)CC1. The molecule has 3 heteroatoms. The van der Waals surface area contributed by atoms with E-state index in [1.54, 1.807) is 0 Å². The molecule has 140 valence electrons. The lowest BCUT2D eigenvalue weighted by atomic mass is 9.80. The van der Waals surface area contributed by atoms with E-state index < -0.39 is 0 Å². The van der Waals surface area contributed by atoms with Crippen molar-refractivity contribution in [3.8, 4) is 17.2 Å². The monoisotopic (exact) mass is 359 g/mol. The van der Waals surface area contributed by atoms with E-state index in [1.165, 1.54) is 62.7 Å². The lowest BCUT2D eigenvalue weighted by molar-refractivity contribution is 0.103. The van der Waals surface area contributed by atoms with E-state index in [9.17, 15) is 0 Å². The van der Waals surface area contributed by atoms with Crippen LogP contribution in [-0.2, 0) is 5.54 Å². The molecule has 0 radical (unpaired) electrons. The number of benzene rings is 2. The first kappa shape index (κ1) is 18.2. The molecule has 1 saturated carbocycles. The molecular weight excluding hydrogens is 330 g/mol. The van der Waals surface area contributed by atoms with Crippen molar-refractivity contribution in [3.05, 3.63) is 59.7 Å². The zero-order chi connectivity index (χ0) is 18.7. The Balaban J connectivity index is 1.51. The maximum Gasteiger partial charge on any atom is 0.0991 e. The smallest absolute Gasteiger partial charge is 0.0991 e. The van der Waals surface area contributed by atoms with Gasteiger partial charge in [-0.2, -0.15) is 5.26 Å². The summed E-state index contributed by atoms with van der Waals surface area (Å²) >= 11 is 0. The van der Waals surface area contributed by atoms with Gasteiger partial charge in [-0.1, -0.05) is 49.2 Å². The average molecular weight is 360 g/mol. The highest BCUT2D eigenvalue weighted by Crippen LogP contribution is 2.36. The molecule has 0 aromatic heterocycles. The number of nitrogens with one attached hydrogen (secondary N) is 1. The first-order chi connectivity index (χ1) is 13.2. The molecule has 1 aliphatic carbocycles. The predicted octanol–water partition coefficient (Wildman–Crippen LogP) is 4.68. The summed E-state index contributed by atoms with van der Waals surface area (Å²) in [7, 11) is 2.11. The van der Waals surface area contributed by atoms with Crippen LogP contribution in [0.1, 0.15) is 49.7 Å². The highest BCUT2D eigenvalue weighted by atomic mass is 15.2. The quantitative estimate of drug-likeness (QED) is 0.861. The molecular formula is C24H29N3. The number of rotatable bonds is 4. The Morgan fingerprint density at radius 2 is 1.70 bits per heavy atom. The summed E-state index contributed by atoms with van der Waals surface area (Å²) in [5, 5.41) is 12.8. The van der Waals surface area contributed by atoms with E-state index >= 15 is 0 Å². The lowest BCUT2D eigenvalue weighted by Gasteiger charge is -2.44. The second-order valence-corrected chi connectivity index (χ2v) is 8.08. The van der Waals surface area contributed by atoms with Crippen molar-refractivity contribution in [1.82, 2.24) is 10.2 Å². The number of likely N-dealkylation sites (tertiary alicyclic amines) is 1. The fraction of sp³-hybridized carbons (Fsp3) is 0.458. The van der Waals surface area contributed by atoms with Crippen molar-refractivity contribution >= 4 is 0 Å². The van der Waals surface area contributed by atoms with Gasteiger partial charge in [0.1, 0.15) is 0 Å². The van der Waals surface area contributed by atoms with Crippen LogP contribution in [0.4, 0.5) is 0 Å². The summed E-state index contributed by atoms with van der Waals surface area (Å²) in [6.45, 7) is 2.38. The van der Waals surface area contributed by atoms with Gasteiger partial charge in [0.25, 0.3) is 0 Å². The Morgan fingerprint density at radius 3 is 2.33 bits per heavy atom. The highest BCUT2D eigenvalue weighted by molar-refractivity contribution is 5.65. The first-order valence-electron chi connectivity index (χ1n) is 10.3. The molecule has 27 heavy (non-hydrogen) atoms. The van der Waals surface area contributed by atoms with Crippen LogP contribution in [0.15, 0.2) is 48.5 Å². The topological polar surface area (TPSA) is 39.1 Å². The molecule has 1 heterocycles. The van der Waals surface area contributed by atoms with Gasteiger partial charge in [0.05, 0.1) is 11.6 Å². The molecule has 1 saturated heterocycles. The number of hydrogen-bond acceptors (Lipinski definition) is 3. The van der Waals surface area contributed by atoms with Gasteiger partial charge in [0.2, 0.25) is 0 Å². The van der Waals surface area contributed by atoms with Gasteiger partial charge in [0.15, 0.2) is 0 Å². The molecule has 2 fully saturated rings. The van der Waals surface area contributed by atoms with Crippen molar-refractivity contribution in [3.63, 3.8) is 0 Å². The summed E-state index contributed by atoms with van der Waals surface area (Å²) in [6, 6.07) is 19.9. The number of piperidine rings is 1. The van der Waals surface area contributed by atoms with Gasteiger partial charge in [-0.05, 0) is 61.6 Å². The summed E-state index contributed by atoms with van der Waals surface area (Å²) in [5.74, 6) is 0. The maximum atomic E-state index is 9.13. The van der Waals surface area contributed by atoms with Crippen molar-refractivity contribution < 1.29 is 0 Å². The number of nitrogens with zero attached hydrogens (tertiary/aromatic N) is 2. The zero-order valence-corrected chi connectivity index (χ0v) is 16.2. The Bertz CT molecular complexity index is 804. The van der Waals surface area contributed by atoms with Crippen LogP contribution in [0.2, 0.25) is 0 Å². The van der Waals surface area contributed by atoms with Crippen LogP contribution < -0.4 is 5.32 Å². The first-order valence-corrected chi connectivity index (χ1v) is 10.3. The molecule has 2 aliphatic rings. The molecule has 0 bridgehead atoms. The van der Waals surface area contributed by atoms with Crippen molar-refractivity contribution in [2.24, 2.45) is 0 Å². The van der Waals surface area contributed by atoms with Crippen LogP contribution in [0.25, 0.3) is 11.1 Å². The Labute approximate surface area is 163 Å². The molecule has 0 unspecified atom stereocenters. The second-order valence-electron chi connectivity index (χ2n) is 8.08. The van der Waals surface area contributed by atoms with Gasteiger partial charge >= 0.3 is 0 Å². The van der Waals surface area contributed by atoms with Crippen LogP contribution in [-0.4, -0.2) is 31.1 Å². The largest absolute Gasteiger partial charge is 0.310 e. The van der Waals surface area contributed by atoms with E-state index in [1.807, 2.05) is 18.2 Å². The van der Waals surface area contributed by atoms with E-state index in [4.69, 9.17) is 5.26 Å². The molecule has 4 rings (SSSR count). The van der Waals surface area contributed by atoms with E-state index in [0.29, 0.717) is 5.56 Å². The van der Waals surface area contributed by atoms with E-state index in [2.05, 4.69) is 53.7 Å². The van der Waals surface area contributed by atoms with E-state index in [-0.39, 0.29) is 5.54 Å². The molecule has 1 aliphatic heterocycles. The normalized spacial score (nSPS) is 20.4. The summed E-state index contributed by atoms with van der Waals surface area (Å²) in [5.41, 5.74) is 4.46. The highest BCUT2D eigenvalue weighted by Gasteiger charge is 2.37. The van der Waals surface area contributed by atoms with Crippen LogP contribution in [0, 0.1) is 11.3 Å². The third kappa shape index (κ3) is 3.65. The third-order valence-corrected chi connectivity index (χ3v) is 6.73. The molecule has 0 atom stereocenters. The summed E-state index contributed by atoms with van der Waals surface area (Å²) in [6.07, 6.45) is 7.94. The van der Waals surface area contributed by atoms with Gasteiger partial charge in [-0.25, -0.2) is 0 Å². The Kier molecular flexibility index (Phi) is 5.29. The predicted molar refractivity (Wildman–Crippen MR) is 110 cm³/mol. The van der Waals surface area contributed by atoms with Gasteiger partial charge in [-0.3, -0.25) is 0 Å². The number of nitriles is 1. The summed E-state index contributed by atoms with van der Waals surface area (Å²) < 4.78 is 0. The van der Waals surface area contributed by atoms with Gasteiger partial charge in [0, 0.05) is 24.7 Å². The minimum atomic E-state index is 0.0855. The minimum absolute atomic E-state index is 0.0855. The van der Waals surface area contributed by atoms with Crippen molar-refractivity contribution in [2.75, 3.05) is 20.1 Å². The average Bonchev–Trinajstić information content (AvgIpc) is 3.29. The van der Waals surface area contributed by atoms with Crippen LogP contribution >= 0.6 is 0 Å². The van der Waals surface area contributed by atoms with Crippen molar-refractivity contribution in [2.45, 2.75) is 50.1 Å². The third-order valence-electron chi connectivity index (χ3n) is 6.73. The molecule has 2 aromatic rings. The minimum Gasteiger partial charge on any atom is -0.310 e. The van der Waals surface area contributed by atoms with Gasteiger partial charge in [-0.15, -0.1) is 0 Å². The molecule has 1 N–H and O–H groups in total. The Hall–Kier alpha value is -2.15.